The number of fused-ring (bicyclic) bond motifs is 2. The molecule has 5 rings (SSSR count). The van der Waals surface area contributed by atoms with Gasteiger partial charge in [-0.15, -0.1) is 0 Å². The molecule has 0 bridgehead atoms. The number of carbonyl (C=O) groups is 3. The van der Waals surface area contributed by atoms with Crippen LogP contribution in [-0.4, -0.2) is 79.2 Å². The average Bonchev–Trinajstić information content (AvgIpc) is 3.60. The maximum atomic E-state index is 14.7. The van der Waals surface area contributed by atoms with Crippen molar-refractivity contribution in [3.63, 3.8) is 0 Å². The Morgan fingerprint density at radius 3 is 2.52 bits per heavy atom. The third-order valence-electron chi connectivity index (χ3n) is 10.1. The van der Waals surface area contributed by atoms with Crippen LogP contribution in [0.1, 0.15) is 71.8 Å². The van der Waals surface area contributed by atoms with Crippen LogP contribution in [0.3, 0.4) is 0 Å². The van der Waals surface area contributed by atoms with Gasteiger partial charge in [-0.25, -0.2) is 0 Å². The molecular formula is C34H49N3O6Si. The van der Waals surface area contributed by atoms with Gasteiger partial charge in [0, 0.05) is 48.8 Å². The highest BCUT2D eigenvalue weighted by atomic mass is 28.4. The van der Waals surface area contributed by atoms with Gasteiger partial charge in [-0.05, 0) is 77.7 Å². The number of ether oxygens (including phenoxy) is 1. The van der Waals surface area contributed by atoms with E-state index in [9.17, 15) is 24.3 Å². The molecule has 10 heteroatoms. The van der Waals surface area contributed by atoms with Gasteiger partial charge in [0.25, 0.3) is 5.91 Å². The highest BCUT2D eigenvalue weighted by Gasteiger charge is 2.66. The molecule has 5 atom stereocenters. The summed E-state index contributed by atoms with van der Waals surface area (Å²) in [7, 11) is -2.95. The van der Waals surface area contributed by atoms with Crippen LogP contribution in [0.15, 0.2) is 41.5 Å². The number of allylic oxidation sites excluding steroid dienone is 3. The fourth-order valence-corrected chi connectivity index (χ4v) is 10.3. The molecule has 2 N–H and O–H groups in total. The van der Waals surface area contributed by atoms with E-state index < -0.39 is 25.9 Å². The summed E-state index contributed by atoms with van der Waals surface area (Å²) >= 11 is 0. The highest BCUT2D eigenvalue weighted by molar-refractivity contribution is 6.71. The standard InChI is InChI=1S/C34H49N3O6Si/c1-22(2)9-7-10-23(3)14-17-37-28-13-12-25(36-18-15-30(36)39)19-27(28)34(33(37)41)24(4)32(44(5,6)42)29(43-34)20-31(40)35-16-8-11-26(35)21-38/h9,12-14,19,24,26,29,32,38,42H,7-8,10-11,15-18,20-21H2,1-6H3/b23-14+/t24-,26+,29+,32-,34+/m1/s1. The molecule has 3 fully saturated rings. The summed E-state index contributed by atoms with van der Waals surface area (Å²) in [6.07, 6.45) is 7.63. The van der Waals surface area contributed by atoms with Gasteiger partial charge in [-0.3, -0.25) is 14.4 Å². The van der Waals surface area contributed by atoms with E-state index >= 15 is 0 Å². The molecule has 0 aliphatic carbocycles. The molecule has 1 aromatic rings. The van der Waals surface area contributed by atoms with Crippen LogP contribution in [-0.2, 0) is 24.7 Å². The Balaban J connectivity index is 1.52. The number of anilines is 2. The molecular weight excluding hydrogens is 574 g/mol. The third kappa shape index (κ3) is 5.82. The van der Waals surface area contributed by atoms with Crippen molar-refractivity contribution in [3.8, 4) is 0 Å². The van der Waals surface area contributed by atoms with E-state index in [1.54, 1.807) is 14.7 Å². The number of rotatable bonds is 10. The lowest BCUT2D eigenvalue weighted by Gasteiger charge is -2.33. The first kappa shape index (κ1) is 32.6. The summed E-state index contributed by atoms with van der Waals surface area (Å²) in [6, 6.07) is 5.52. The normalized spacial score (nSPS) is 28.6. The van der Waals surface area contributed by atoms with Gasteiger partial charge in [0.05, 0.1) is 30.9 Å². The maximum Gasteiger partial charge on any atom is 0.264 e. The second kappa shape index (κ2) is 12.5. The smallest absolute Gasteiger partial charge is 0.264 e. The molecule has 4 heterocycles. The van der Waals surface area contributed by atoms with Crippen molar-refractivity contribution in [2.24, 2.45) is 5.92 Å². The van der Waals surface area contributed by atoms with Gasteiger partial charge in [0.1, 0.15) is 0 Å². The lowest BCUT2D eigenvalue weighted by atomic mass is 9.82. The van der Waals surface area contributed by atoms with E-state index in [1.807, 2.05) is 38.2 Å². The predicted octanol–water partition coefficient (Wildman–Crippen LogP) is 4.63. The fraction of sp³-hybridized carbons (Fsp3) is 0.618. The average molecular weight is 624 g/mol. The van der Waals surface area contributed by atoms with Gasteiger partial charge in [-0.1, -0.05) is 30.2 Å². The first-order valence-electron chi connectivity index (χ1n) is 16.2. The Hall–Kier alpha value is -2.79. The van der Waals surface area contributed by atoms with Gasteiger partial charge >= 0.3 is 0 Å². The molecule has 4 aliphatic heterocycles. The van der Waals surface area contributed by atoms with Crippen molar-refractivity contribution in [2.75, 3.05) is 36.0 Å². The molecule has 3 saturated heterocycles. The molecule has 3 amide bonds. The zero-order valence-electron chi connectivity index (χ0n) is 27.1. The van der Waals surface area contributed by atoms with Crippen LogP contribution in [0.25, 0.3) is 0 Å². The van der Waals surface area contributed by atoms with Crippen LogP contribution in [0.5, 0.6) is 0 Å². The van der Waals surface area contributed by atoms with E-state index in [1.165, 1.54) is 11.1 Å². The number of aliphatic hydroxyl groups is 1. The van der Waals surface area contributed by atoms with Crippen molar-refractivity contribution in [1.82, 2.24) is 4.90 Å². The van der Waals surface area contributed by atoms with Crippen LogP contribution < -0.4 is 9.80 Å². The molecule has 0 aromatic heterocycles. The lowest BCUT2D eigenvalue weighted by molar-refractivity contribution is -0.149. The SMILES string of the molecule is CC(C)=CCC/C(C)=C/CN1C(=O)[C@@]2(O[C@@H](CC(=O)N3CCC[C@H]3CO)[C@H]([Si](C)(C)O)[C@H]2C)c2cc(N3CCC3=O)ccc21. The number of benzene rings is 1. The Morgan fingerprint density at radius 1 is 1.16 bits per heavy atom. The number of carbonyl (C=O) groups excluding carboxylic acids is 3. The maximum absolute atomic E-state index is 14.7. The molecule has 44 heavy (non-hydrogen) atoms. The van der Waals surface area contributed by atoms with Gasteiger partial charge in [-0.2, -0.15) is 0 Å². The van der Waals surface area contributed by atoms with Crippen molar-refractivity contribution in [3.05, 3.63) is 47.1 Å². The minimum absolute atomic E-state index is 0.0422. The van der Waals surface area contributed by atoms with Crippen LogP contribution in [0, 0.1) is 5.92 Å². The summed E-state index contributed by atoms with van der Waals surface area (Å²) in [5.41, 5.74) is 2.89. The second-order valence-electron chi connectivity index (χ2n) is 13.9. The molecule has 0 unspecified atom stereocenters. The van der Waals surface area contributed by atoms with Gasteiger partial charge in [0.15, 0.2) is 13.9 Å². The summed E-state index contributed by atoms with van der Waals surface area (Å²) in [4.78, 5) is 57.5. The number of aliphatic hydroxyl groups excluding tert-OH is 1. The Morgan fingerprint density at radius 2 is 1.91 bits per heavy atom. The van der Waals surface area contributed by atoms with Crippen molar-refractivity contribution in [1.29, 1.82) is 0 Å². The number of likely N-dealkylation sites (tertiary alicyclic amines) is 1. The molecule has 4 aliphatic rings. The predicted molar refractivity (Wildman–Crippen MR) is 174 cm³/mol. The van der Waals surface area contributed by atoms with E-state index in [0.29, 0.717) is 31.6 Å². The van der Waals surface area contributed by atoms with E-state index in [2.05, 4.69) is 32.9 Å². The van der Waals surface area contributed by atoms with E-state index in [0.717, 1.165) is 37.1 Å². The van der Waals surface area contributed by atoms with E-state index in [4.69, 9.17) is 4.74 Å². The quantitative estimate of drug-likeness (QED) is 0.223. The zero-order valence-corrected chi connectivity index (χ0v) is 28.1. The fourth-order valence-electron chi connectivity index (χ4n) is 7.78. The van der Waals surface area contributed by atoms with Crippen LogP contribution >= 0.6 is 0 Å². The third-order valence-corrected chi connectivity index (χ3v) is 12.6. The number of β-lactam (4-membered cyclic amide) rings is 1. The lowest BCUT2D eigenvalue weighted by Crippen LogP contribution is -2.46. The Kier molecular flexibility index (Phi) is 9.29. The van der Waals surface area contributed by atoms with E-state index in [-0.39, 0.29) is 42.3 Å². The highest BCUT2D eigenvalue weighted by Crippen LogP contribution is 2.60. The second-order valence-corrected chi connectivity index (χ2v) is 17.9. The minimum Gasteiger partial charge on any atom is -0.432 e. The minimum atomic E-state index is -2.95. The Labute approximate surface area is 262 Å². The van der Waals surface area contributed by atoms with Crippen LogP contribution in [0.2, 0.25) is 18.6 Å². The summed E-state index contributed by atoms with van der Waals surface area (Å²) < 4.78 is 6.88. The molecule has 1 aromatic carbocycles. The van der Waals surface area contributed by atoms with Gasteiger partial charge in [0.2, 0.25) is 11.8 Å². The first-order chi connectivity index (χ1) is 20.8. The van der Waals surface area contributed by atoms with Crippen molar-refractivity contribution in [2.45, 2.75) is 103 Å². The molecule has 0 radical (unpaired) electrons. The largest absolute Gasteiger partial charge is 0.432 e. The number of nitrogens with zero attached hydrogens (tertiary/aromatic N) is 3. The zero-order chi connectivity index (χ0) is 32.0. The molecule has 1 spiro atoms. The van der Waals surface area contributed by atoms with Gasteiger partial charge < -0.3 is 29.3 Å². The number of hydrogen-bond acceptors (Lipinski definition) is 6. The molecule has 240 valence electrons. The van der Waals surface area contributed by atoms with Crippen molar-refractivity contribution < 1.29 is 29.0 Å². The summed E-state index contributed by atoms with van der Waals surface area (Å²) in [5.74, 6) is -0.658. The van der Waals surface area contributed by atoms with Crippen LogP contribution in [0.4, 0.5) is 11.4 Å². The molecule has 9 nitrogen and oxygen atoms in total. The molecule has 0 saturated carbocycles. The topological polar surface area (TPSA) is 111 Å². The summed E-state index contributed by atoms with van der Waals surface area (Å²) in [5, 5.41) is 9.84. The first-order valence-corrected chi connectivity index (χ1v) is 19.2. The Bertz CT molecular complexity index is 1360. The monoisotopic (exact) mass is 623 g/mol. The number of amides is 3. The van der Waals surface area contributed by atoms with Crippen molar-refractivity contribution >= 4 is 37.4 Å². The number of hydrogen-bond donors (Lipinski definition) is 2. The summed E-state index contributed by atoms with van der Waals surface area (Å²) in [6.45, 7) is 13.5.